The highest BCUT2D eigenvalue weighted by atomic mass is 16.5. The van der Waals surface area contributed by atoms with Crippen molar-refractivity contribution < 1.29 is 18.8 Å². The molecule has 1 saturated carbocycles. The highest BCUT2D eigenvalue weighted by Crippen LogP contribution is 2.37. The van der Waals surface area contributed by atoms with Crippen molar-refractivity contribution >= 4 is 11.9 Å². The molecule has 1 fully saturated rings. The summed E-state index contributed by atoms with van der Waals surface area (Å²) >= 11 is 0. The van der Waals surface area contributed by atoms with Crippen molar-refractivity contribution in [1.82, 2.24) is 20.4 Å². The van der Waals surface area contributed by atoms with E-state index >= 15 is 0 Å². The van der Waals surface area contributed by atoms with Gasteiger partial charge in [-0.25, -0.2) is 4.79 Å². The number of carbonyl (C=O) groups excluding carboxylic acids is 2. The van der Waals surface area contributed by atoms with Crippen molar-refractivity contribution in [2.45, 2.75) is 52.0 Å². The zero-order chi connectivity index (χ0) is 18.2. The Hall–Kier alpha value is -2.64. The smallest absolute Gasteiger partial charge is 0.339 e. The van der Waals surface area contributed by atoms with Crippen LogP contribution in [-0.2, 0) is 10.3 Å². The van der Waals surface area contributed by atoms with Crippen molar-refractivity contribution in [3.8, 4) is 0 Å². The molecule has 25 heavy (non-hydrogen) atoms. The molecular weight excluding hydrogens is 324 g/mol. The first-order valence-electron chi connectivity index (χ1n) is 8.29. The van der Waals surface area contributed by atoms with Crippen LogP contribution < -0.4 is 5.32 Å². The summed E-state index contributed by atoms with van der Waals surface area (Å²) < 4.78 is 9.89. The first-order chi connectivity index (χ1) is 11.9. The Bertz CT molecular complexity index is 815. The first kappa shape index (κ1) is 17.2. The molecular formula is C17H22N4O4. The largest absolute Gasteiger partial charge is 0.465 e. The third kappa shape index (κ3) is 2.92. The number of amides is 1. The Labute approximate surface area is 145 Å². The second-order valence-corrected chi connectivity index (χ2v) is 6.50. The summed E-state index contributed by atoms with van der Waals surface area (Å²) in [6, 6.07) is 0. The molecule has 134 valence electrons. The van der Waals surface area contributed by atoms with Crippen LogP contribution >= 0.6 is 0 Å². The lowest BCUT2D eigenvalue weighted by atomic mass is 9.96. The van der Waals surface area contributed by atoms with E-state index in [2.05, 4.69) is 20.4 Å². The number of aryl methyl sites for hydroxylation is 2. The predicted octanol–water partition coefficient (Wildman–Crippen LogP) is 2.31. The standard InChI is InChI=1S/C17H22N4O4/c1-9-12(15(23)24-4)10(2)18-13(9)14(22)20-17(7-5-6-8-17)16-19-11(3)25-21-16/h18H,5-8H2,1-4H3,(H,20,22). The van der Waals surface area contributed by atoms with Gasteiger partial charge in [-0.3, -0.25) is 4.79 Å². The van der Waals surface area contributed by atoms with Gasteiger partial charge in [0.15, 0.2) is 5.82 Å². The van der Waals surface area contributed by atoms with Crippen molar-refractivity contribution in [2.24, 2.45) is 0 Å². The minimum absolute atomic E-state index is 0.292. The maximum absolute atomic E-state index is 12.9. The summed E-state index contributed by atoms with van der Waals surface area (Å²) in [7, 11) is 1.32. The van der Waals surface area contributed by atoms with Gasteiger partial charge >= 0.3 is 5.97 Å². The topological polar surface area (TPSA) is 110 Å². The van der Waals surface area contributed by atoms with Crippen LogP contribution in [0.15, 0.2) is 4.52 Å². The van der Waals surface area contributed by atoms with Gasteiger partial charge in [0.25, 0.3) is 5.91 Å². The molecule has 0 aromatic carbocycles. The molecule has 0 bridgehead atoms. The van der Waals surface area contributed by atoms with Crippen LogP contribution in [0.5, 0.6) is 0 Å². The SMILES string of the molecule is COC(=O)c1c(C)[nH]c(C(=O)NC2(c3noc(C)n3)CCCC2)c1C. The zero-order valence-electron chi connectivity index (χ0n) is 14.9. The Morgan fingerprint density at radius 1 is 1.24 bits per heavy atom. The highest BCUT2D eigenvalue weighted by Gasteiger charge is 2.42. The number of aromatic nitrogens is 3. The molecule has 0 unspecified atom stereocenters. The van der Waals surface area contributed by atoms with Gasteiger partial charge < -0.3 is 19.6 Å². The van der Waals surface area contributed by atoms with Gasteiger partial charge in [-0.05, 0) is 32.3 Å². The number of nitrogens with zero attached hydrogens (tertiary/aromatic N) is 2. The Kier molecular flexibility index (Phi) is 4.36. The van der Waals surface area contributed by atoms with Gasteiger partial charge in [0.05, 0.1) is 12.7 Å². The summed E-state index contributed by atoms with van der Waals surface area (Å²) in [5, 5.41) is 7.09. The van der Waals surface area contributed by atoms with E-state index in [4.69, 9.17) is 9.26 Å². The Morgan fingerprint density at radius 3 is 2.48 bits per heavy atom. The fourth-order valence-corrected chi connectivity index (χ4v) is 3.54. The van der Waals surface area contributed by atoms with E-state index in [1.807, 2.05) is 0 Å². The second-order valence-electron chi connectivity index (χ2n) is 6.50. The second kappa shape index (κ2) is 6.34. The fourth-order valence-electron chi connectivity index (χ4n) is 3.54. The first-order valence-corrected chi connectivity index (χ1v) is 8.29. The molecule has 0 aliphatic heterocycles. The molecule has 2 aromatic heterocycles. The number of esters is 1. The number of methoxy groups -OCH3 is 1. The zero-order valence-corrected chi connectivity index (χ0v) is 14.9. The van der Waals surface area contributed by atoms with Crippen LogP contribution in [0.3, 0.4) is 0 Å². The lowest BCUT2D eigenvalue weighted by Crippen LogP contribution is -2.45. The van der Waals surface area contributed by atoms with E-state index in [-0.39, 0.29) is 5.91 Å². The quantitative estimate of drug-likeness (QED) is 0.822. The van der Waals surface area contributed by atoms with Gasteiger partial charge in [-0.15, -0.1) is 0 Å². The third-order valence-electron chi connectivity index (χ3n) is 4.82. The summed E-state index contributed by atoms with van der Waals surface area (Å²) in [4.78, 5) is 32.1. The number of hydrogen-bond donors (Lipinski definition) is 2. The van der Waals surface area contributed by atoms with Gasteiger partial charge in [0.2, 0.25) is 5.89 Å². The normalized spacial score (nSPS) is 16.0. The van der Waals surface area contributed by atoms with Gasteiger partial charge in [0.1, 0.15) is 11.2 Å². The average molecular weight is 346 g/mol. The van der Waals surface area contributed by atoms with Gasteiger partial charge in [0, 0.05) is 12.6 Å². The van der Waals surface area contributed by atoms with Crippen LogP contribution in [0.25, 0.3) is 0 Å². The molecule has 0 spiro atoms. The Morgan fingerprint density at radius 2 is 1.92 bits per heavy atom. The molecule has 0 saturated heterocycles. The summed E-state index contributed by atoms with van der Waals surface area (Å²) in [6.45, 7) is 5.19. The number of carbonyl (C=O) groups is 2. The van der Waals surface area contributed by atoms with E-state index in [0.717, 1.165) is 25.7 Å². The van der Waals surface area contributed by atoms with Crippen LogP contribution in [0.2, 0.25) is 0 Å². The van der Waals surface area contributed by atoms with Crippen molar-refractivity contribution in [1.29, 1.82) is 0 Å². The Balaban J connectivity index is 1.92. The monoisotopic (exact) mass is 346 g/mol. The molecule has 2 N–H and O–H groups in total. The number of ether oxygens (including phenoxy) is 1. The summed E-state index contributed by atoms with van der Waals surface area (Å²) in [5.41, 5.74) is 1.28. The molecule has 0 radical (unpaired) electrons. The average Bonchev–Trinajstić information content (AvgIpc) is 3.27. The molecule has 2 aromatic rings. The van der Waals surface area contributed by atoms with Crippen LogP contribution in [0.1, 0.15) is 69.5 Å². The van der Waals surface area contributed by atoms with Crippen LogP contribution in [0.4, 0.5) is 0 Å². The number of nitrogens with one attached hydrogen (secondary N) is 2. The van der Waals surface area contributed by atoms with Crippen molar-refractivity contribution in [3.05, 3.63) is 34.2 Å². The number of rotatable bonds is 4. The lowest BCUT2D eigenvalue weighted by Gasteiger charge is -2.26. The molecule has 1 aliphatic carbocycles. The number of aromatic amines is 1. The van der Waals surface area contributed by atoms with Crippen LogP contribution in [-0.4, -0.2) is 34.1 Å². The maximum atomic E-state index is 12.9. The number of hydrogen-bond acceptors (Lipinski definition) is 6. The number of H-pyrrole nitrogens is 1. The van der Waals surface area contributed by atoms with E-state index < -0.39 is 11.5 Å². The molecule has 1 amide bonds. The van der Waals surface area contributed by atoms with Gasteiger partial charge in [-0.1, -0.05) is 18.0 Å². The van der Waals surface area contributed by atoms with E-state index in [1.165, 1.54) is 7.11 Å². The van der Waals surface area contributed by atoms with Crippen LogP contribution in [0, 0.1) is 20.8 Å². The van der Waals surface area contributed by atoms with E-state index in [9.17, 15) is 9.59 Å². The fraction of sp³-hybridized carbons (Fsp3) is 0.529. The van der Waals surface area contributed by atoms with Crippen molar-refractivity contribution in [2.75, 3.05) is 7.11 Å². The van der Waals surface area contributed by atoms with E-state index in [1.54, 1.807) is 20.8 Å². The van der Waals surface area contributed by atoms with Gasteiger partial charge in [-0.2, -0.15) is 4.98 Å². The van der Waals surface area contributed by atoms with Crippen molar-refractivity contribution in [3.63, 3.8) is 0 Å². The minimum atomic E-state index is -0.633. The molecule has 0 atom stereocenters. The summed E-state index contributed by atoms with van der Waals surface area (Å²) in [6.07, 6.45) is 3.45. The molecule has 2 heterocycles. The highest BCUT2D eigenvalue weighted by molar-refractivity contribution is 6.00. The molecule has 1 aliphatic rings. The molecule has 8 heteroatoms. The third-order valence-corrected chi connectivity index (χ3v) is 4.82. The lowest BCUT2D eigenvalue weighted by molar-refractivity contribution is 0.0599. The minimum Gasteiger partial charge on any atom is -0.465 e. The predicted molar refractivity (Wildman–Crippen MR) is 88.3 cm³/mol. The van der Waals surface area contributed by atoms with E-state index in [0.29, 0.717) is 34.2 Å². The molecule has 8 nitrogen and oxygen atoms in total. The molecule has 3 rings (SSSR count). The maximum Gasteiger partial charge on any atom is 0.339 e. The summed E-state index contributed by atoms with van der Waals surface area (Å²) in [5.74, 6) is 0.218.